The van der Waals surface area contributed by atoms with Crippen LogP contribution in [0.25, 0.3) is 0 Å². The van der Waals surface area contributed by atoms with Crippen LogP contribution in [0.4, 0.5) is 13.2 Å². The summed E-state index contributed by atoms with van der Waals surface area (Å²) in [5, 5.41) is 0.0359. The molecule has 0 saturated heterocycles. The van der Waals surface area contributed by atoms with Crippen molar-refractivity contribution >= 4 is 11.8 Å². The van der Waals surface area contributed by atoms with Crippen molar-refractivity contribution in [2.45, 2.75) is 17.4 Å². The molecule has 0 amide bonds. The zero-order chi connectivity index (χ0) is 12.3. The Kier molecular flexibility index (Phi) is 4.11. The molecular formula is C8H11F3N4S. The van der Waals surface area contributed by atoms with Gasteiger partial charge in [-0.15, -0.1) is 0 Å². The lowest BCUT2D eigenvalue weighted by atomic mass is 10.2. The van der Waals surface area contributed by atoms with E-state index >= 15 is 0 Å². The first-order valence-electron chi connectivity index (χ1n) is 4.34. The second kappa shape index (κ2) is 4.98. The van der Waals surface area contributed by atoms with Gasteiger partial charge < -0.3 is 11.5 Å². The van der Waals surface area contributed by atoms with Crippen LogP contribution in [0.1, 0.15) is 17.4 Å². The monoisotopic (exact) mass is 252 g/mol. The summed E-state index contributed by atoms with van der Waals surface area (Å²) in [6.45, 7) is 0.0299. The maximum atomic E-state index is 12.5. The number of hydrogen-bond acceptors (Lipinski definition) is 5. The molecule has 0 saturated carbocycles. The maximum Gasteiger partial charge on any atom is 0.433 e. The molecule has 4 nitrogen and oxygen atoms in total. The van der Waals surface area contributed by atoms with E-state index in [0.717, 1.165) is 17.8 Å². The third kappa shape index (κ3) is 3.06. The number of nitrogens with zero attached hydrogens (tertiary/aromatic N) is 2. The first kappa shape index (κ1) is 13.2. The molecule has 0 radical (unpaired) electrons. The Bertz CT molecular complexity index is 369. The highest BCUT2D eigenvalue weighted by atomic mass is 32.2. The molecule has 1 unspecified atom stereocenters. The van der Waals surface area contributed by atoms with Crippen molar-refractivity contribution in [1.29, 1.82) is 0 Å². The first-order valence-corrected chi connectivity index (χ1v) is 5.56. The van der Waals surface area contributed by atoms with Gasteiger partial charge in [0.2, 0.25) is 0 Å². The summed E-state index contributed by atoms with van der Waals surface area (Å²) in [5.41, 5.74) is 9.93. The summed E-state index contributed by atoms with van der Waals surface area (Å²) in [6.07, 6.45) is -2.91. The first-order chi connectivity index (χ1) is 7.38. The molecule has 16 heavy (non-hydrogen) atoms. The van der Waals surface area contributed by atoms with Crippen LogP contribution in [0.15, 0.2) is 11.2 Å². The maximum absolute atomic E-state index is 12.5. The van der Waals surface area contributed by atoms with E-state index in [-0.39, 0.29) is 17.4 Å². The topological polar surface area (TPSA) is 77.8 Å². The summed E-state index contributed by atoms with van der Waals surface area (Å²) in [6, 6.07) is 0.118. The minimum atomic E-state index is -4.50. The van der Waals surface area contributed by atoms with Crippen LogP contribution in [0.2, 0.25) is 0 Å². The lowest BCUT2D eigenvalue weighted by Gasteiger charge is -2.12. The number of halogens is 3. The molecule has 1 atom stereocenters. The number of thioether (sulfide) groups is 1. The minimum absolute atomic E-state index is 0.0299. The Morgan fingerprint density at radius 2 is 2.06 bits per heavy atom. The average Bonchev–Trinajstić information content (AvgIpc) is 2.26. The normalized spacial score (nSPS) is 13.9. The van der Waals surface area contributed by atoms with Crippen molar-refractivity contribution in [2.24, 2.45) is 11.5 Å². The molecule has 0 spiro atoms. The second-order valence-electron chi connectivity index (χ2n) is 3.00. The Balaban J connectivity index is 3.21. The number of aromatic nitrogens is 2. The van der Waals surface area contributed by atoms with Crippen LogP contribution >= 0.6 is 11.8 Å². The van der Waals surface area contributed by atoms with Crippen LogP contribution in [0, 0.1) is 0 Å². The molecule has 90 valence electrons. The van der Waals surface area contributed by atoms with E-state index in [1.54, 1.807) is 6.26 Å². The van der Waals surface area contributed by atoms with E-state index in [9.17, 15) is 13.2 Å². The smallest absolute Gasteiger partial charge is 0.329 e. The molecular weight excluding hydrogens is 241 g/mol. The highest BCUT2D eigenvalue weighted by Gasteiger charge is 2.34. The molecule has 0 aliphatic rings. The van der Waals surface area contributed by atoms with Crippen molar-refractivity contribution in [3.05, 3.63) is 17.5 Å². The molecule has 0 fully saturated rings. The van der Waals surface area contributed by atoms with E-state index in [1.165, 1.54) is 0 Å². The highest BCUT2D eigenvalue weighted by Crippen LogP contribution is 2.29. The van der Waals surface area contributed by atoms with E-state index in [0.29, 0.717) is 0 Å². The van der Waals surface area contributed by atoms with Gasteiger partial charge in [0.05, 0.1) is 11.7 Å². The third-order valence-electron chi connectivity index (χ3n) is 1.83. The number of rotatable bonds is 3. The van der Waals surface area contributed by atoms with Crippen LogP contribution in [0.5, 0.6) is 0 Å². The number of nitrogens with two attached hydrogens (primary N) is 2. The van der Waals surface area contributed by atoms with Gasteiger partial charge in [-0.1, -0.05) is 11.8 Å². The minimum Gasteiger partial charge on any atom is -0.329 e. The van der Waals surface area contributed by atoms with Crippen LogP contribution in [-0.2, 0) is 6.18 Å². The highest BCUT2D eigenvalue weighted by molar-refractivity contribution is 7.98. The largest absolute Gasteiger partial charge is 0.433 e. The molecule has 0 aromatic carbocycles. The number of hydrogen-bond donors (Lipinski definition) is 2. The molecule has 0 bridgehead atoms. The lowest BCUT2D eigenvalue weighted by Crippen LogP contribution is -2.23. The van der Waals surface area contributed by atoms with Crippen molar-refractivity contribution in [3.63, 3.8) is 0 Å². The van der Waals surface area contributed by atoms with Gasteiger partial charge in [-0.05, 0) is 12.3 Å². The van der Waals surface area contributed by atoms with Crippen molar-refractivity contribution < 1.29 is 13.2 Å². The average molecular weight is 252 g/mol. The Morgan fingerprint density at radius 3 is 2.50 bits per heavy atom. The van der Waals surface area contributed by atoms with Gasteiger partial charge in [0.25, 0.3) is 0 Å². The summed E-state index contributed by atoms with van der Waals surface area (Å²) < 4.78 is 37.4. The summed E-state index contributed by atoms with van der Waals surface area (Å²) in [7, 11) is 0. The van der Waals surface area contributed by atoms with Gasteiger partial charge in [-0.25, -0.2) is 9.97 Å². The lowest BCUT2D eigenvalue weighted by molar-refractivity contribution is -0.141. The Morgan fingerprint density at radius 1 is 1.44 bits per heavy atom. The van der Waals surface area contributed by atoms with Gasteiger partial charge in [-0.2, -0.15) is 13.2 Å². The van der Waals surface area contributed by atoms with Gasteiger partial charge >= 0.3 is 6.18 Å². The molecule has 1 rings (SSSR count). The molecule has 1 aromatic rings. The molecule has 0 aliphatic carbocycles. The summed E-state index contributed by atoms with van der Waals surface area (Å²) in [4.78, 5) is 7.25. The van der Waals surface area contributed by atoms with E-state index in [1.807, 2.05) is 0 Å². The molecule has 1 aromatic heterocycles. The van der Waals surface area contributed by atoms with Gasteiger partial charge in [-0.3, -0.25) is 0 Å². The van der Waals surface area contributed by atoms with E-state index in [4.69, 9.17) is 11.5 Å². The van der Waals surface area contributed by atoms with Crippen LogP contribution < -0.4 is 11.5 Å². The van der Waals surface area contributed by atoms with Crippen molar-refractivity contribution in [1.82, 2.24) is 9.97 Å². The third-order valence-corrected chi connectivity index (χ3v) is 2.38. The SMILES string of the molecule is CSc1nc(C(N)CN)cc(C(F)(F)F)n1. The molecule has 1 heterocycles. The number of alkyl halides is 3. The van der Waals surface area contributed by atoms with Gasteiger partial charge in [0.15, 0.2) is 5.16 Å². The van der Waals surface area contributed by atoms with Gasteiger partial charge in [0.1, 0.15) is 5.69 Å². The van der Waals surface area contributed by atoms with Gasteiger partial charge in [0, 0.05) is 6.54 Å². The Labute approximate surface area is 94.6 Å². The quantitative estimate of drug-likeness (QED) is 0.624. The fraction of sp³-hybridized carbons (Fsp3) is 0.500. The van der Waals surface area contributed by atoms with E-state index < -0.39 is 17.9 Å². The summed E-state index contributed by atoms with van der Waals surface area (Å²) >= 11 is 1.02. The van der Waals surface area contributed by atoms with E-state index in [2.05, 4.69) is 9.97 Å². The fourth-order valence-electron chi connectivity index (χ4n) is 0.990. The zero-order valence-corrected chi connectivity index (χ0v) is 9.27. The fourth-order valence-corrected chi connectivity index (χ4v) is 1.38. The Hall–Kier alpha value is -0.860. The molecule has 4 N–H and O–H groups in total. The summed E-state index contributed by atoms with van der Waals surface area (Å²) in [5.74, 6) is 0. The zero-order valence-electron chi connectivity index (χ0n) is 8.45. The van der Waals surface area contributed by atoms with Crippen LogP contribution in [0.3, 0.4) is 0 Å². The predicted octanol–water partition coefficient (Wildman–Crippen LogP) is 1.18. The second-order valence-corrected chi connectivity index (χ2v) is 3.78. The predicted molar refractivity (Wildman–Crippen MR) is 54.8 cm³/mol. The molecule has 0 aliphatic heterocycles. The van der Waals surface area contributed by atoms with Crippen LogP contribution in [-0.4, -0.2) is 22.8 Å². The van der Waals surface area contributed by atoms with Crippen molar-refractivity contribution in [3.8, 4) is 0 Å². The molecule has 8 heteroatoms. The standard InChI is InChI=1S/C8H11F3N4S/c1-16-7-14-5(4(13)3-12)2-6(15-7)8(9,10)11/h2,4H,3,12-13H2,1H3. The van der Waals surface area contributed by atoms with Crippen molar-refractivity contribution in [2.75, 3.05) is 12.8 Å².